The van der Waals surface area contributed by atoms with Gasteiger partial charge in [0.15, 0.2) is 5.96 Å². The third-order valence-electron chi connectivity index (χ3n) is 12.9. The lowest BCUT2D eigenvalue weighted by Crippen LogP contribution is -2.61. The highest BCUT2D eigenvalue weighted by atomic mass is 16.4. The van der Waals surface area contributed by atoms with Crippen LogP contribution in [-0.2, 0) is 54.4 Å². The number of rotatable bonds is 30. The first-order valence-electron chi connectivity index (χ1n) is 25.7. The summed E-state index contributed by atoms with van der Waals surface area (Å²) in [6.07, 6.45) is 1.17. The molecular weight excluding hydrogens is 975 g/mol. The fourth-order valence-corrected chi connectivity index (χ4v) is 9.01. The predicted octanol–water partition coefficient (Wildman–Crippen LogP) is -2.41. The molecule has 25 nitrogen and oxygen atoms in total. The highest BCUT2D eigenvalue weighted by Crippen LogP contribution is 2.22. The van der Waals surface area contributed by atoms with Gasteiger partial charge in [0.05, 0.1) is 12.6 Å². The van der Waals surface area contributed by atoms with Crippen molar-refractivity contribution in [2.75, 3.05) is 26.2 Å². The first-order valence-corrected chi connectivity index (χ1v) is 25.7. The summed E-state index contributed by atoms with van der Waals surface area (Å²) in [5.74, 6) is -9.09. The van der Waals surface area contributed by atoms with Crippen molar-refractivity contribution in [1.29, 1.82) is 0 Å². The average molecular weight is 1060 g/mol. The van der Waals surface area contributed by atoms with Crippen molar-refractivity contribution in [2.45, 2.75) is 167 Å². The molecule has 2 saturated heterocycles. The van der Waals surface area contributed by atoms with E-state index in [4.69, 9.17) is 22.9 Å². The van der Waals surface area contributed by atoms with Crippen LogP contribution in [0.2, 0.25) is 0 Å². The summed E-state index contributed by atoms with van der Waals surface area (Å²) in [7, 11) is 0. The Morgan fingerprint density at radius 1 is 0.640 bits per heavy atom. The summed E-state index contributed by atoms with van der Waals surface area (Å²) in [6.45, 7) is 9.92. The number of nitrogens with one attached hydrogen (secondary N) is 6. The van der Waals surface area contributed by atoms with E-state index in [0.29, 0.717) is 25.8 Å². The van der Waals surface area contributed by atoms with Gasteiger partial charge >= 0.3 is 5.97 Å². The Morgan fingerprint density at radius 3 is 1.65 bits per heavy atom. The Labute approximate surface area is 438 Å². The Kier molecular flexibility index (Phi) is 25.4. The van der Waals surface area contributed by atoms with Gasteiger partial charge in [-0.15, -0.1) is 0 Å². The minimum absolute atomic E-state index is 0.0324. The summed E-state index contributed by atoms with van der Waals surface area (Å²) in [5, 5.41) is 35.8. The zero-order chi connectivity index (χ0) is 56.1. The van der Waals surface area contributed by atoms with Crippen molar-refractivity contribution in [1.82, 2.24) is 41.7 Å². The molecule has 0 aromatic heterocycles. The first-order chi connectivity index (χ1) is 35.3. The van der Waals surface area contributed by atoms with E-state index < -0.39 is 126 Å². The van der Waals surface area contributed by atoms with Gasteiger partial charge in [0, 0.05) is 26.1 Å². The van der Waals surface area contributed by atoms with E-state index in [1.807, 2.05) is 30.3 Å². The number of carboxylic acids is 1. The number of nitrogens with zero attached hydrogens (tertiary/aromatic N) is 3. The Morgan fingerprint density at radius 2 is 1.13 bits per heavy atom. The number of nitrogens with two attached hydrogens (primary N) is 4. The summed E-state index contributed by atoms with van der Waals surface area (Å²) < 4.78 is 0. The molecule has 2 heterocycles. The third-order valence-corrected chi connectivity index (χ3v) is 12.9. The number of guanidine groups is 1. The molecule has 0 radical (unpaired) electrons. The van der Waals surface area contributed by atoms with Crippen molar-refractivity contribution in [3.63, 3.8) is 0 Å². The van der Waals surface area contributed by atoms with Crippen molar-refractivity contribution in [3.05, 3.63) is 35.9 Å². The molecule has 75 heavy (non-hydrogen) atoms. The fraction of sp³-hybridized carbons (Fsp3) is 0.660. The molecule has 0 saturated carbocycles. The van der Waals surface area contributed by atoms with Crippen LogP contribution in [0.4, 0.5) is 0 Å². The van der Waals surface area contributed by atoms with E-state index in [1.54, 1.807) is 41.5 Å². The molecule has 0 bridgehead atoms. The molecule has 2 aliphatic heterocycles. The Hall–Kier alpha value is -6.89. The number of hydrogen-bond acceptors (Lipinski definition) is 13. The maximum Gasteiger partial charge on any atom is 0.326 e. The monoisotopic (exact) mass is 1060 g/mol. The third kappa shape index (κ3) is 20.1. The van der Waals surface area contributed by atoms with Gasteiger partial charge in [0.25, 0.3) is 0 Å². The number of primary amides is 1. The summed E-state index contributed by atoms with van der Waals surface area (Å²) >= 11 is 0. The molecule has 1 aromatic rings. The van der Waals surface area contributed by atoms with E-state index in [9.17, 15) is 58.2 Å². The standard InChI is InChI=1S/C50H81N13O12/c1-27(2)23-34(43(68)56-33(18-19-39(52)65)42(67)59-35(49(74)75)24-28(3)4)58-41(66)32(15-10-20-55-50(53)54)57-44(69)37-16-12-22-63(37)48(73)36(26-64)60-46(71)40(29(5)6)61-45(70)38-17-11-21-62(38)47(72)31(51)25-30-13-8-7-9-14-30/h7-9,13-14,27-29,31-38,40,64H,10-12,15-26,51H2,1-6H3,(H2,52,65)(H,56,68)(H,57,69)(H,58,66)(H,59,67)(H,60,71)(H,61,70)(H,74,75)(H4,53,54,55)/t31-,32-,33-,34-,35-,36-,37-,38-,40-/m0/s1. The lowest BCUT2D eigenvalue weighted by Gasteiger charge is -2.31. The van der Waals surface area contributed by atoms with Crippen LogP contribution in [0.15, 0.2) is 35.3 Å². The number of carbonyl (C=O) groups excluding carboxylic acids is 9. The van der Waals surface area contributed by atoms with Gasteiger partial charge in [-0.05, 0) is 87.5 Å². The predicted molar refractivity (Wildman–Crippen MR) is 276 cm³/mol. The number of aliphatic carboxylic acids is 1. The largest absolute Gasteiger partial charge is 0.480 e. The zero-order valence-corrected chi connectivity index (χ0v) is 44.0. The van der Waals surface area contributed by atoms with Crippen LogP contribution in [0.1, 0.15) is 111 Å². The second-order valence-corrected chi connectivity index (χ2v) is 20.4. The van der Waals surface area contributed by atoms with Crippen LogP contribution < -0.4 is 54.8 Å². The molecule has 2 aliphatic rings. The second kappa shape index (κ2) is 30.5. The normalized spacial score (nSPS) is 18.2. The molecule has 0 spiro atoms. The van der Waals surface area contributed by atoms with Crippen LogP contribution in [-0.4, -0.2) is 166 Å². The lowest BCUT2D eigenvalue weighted by atomic mass is 10.0. The van der Waals surface area contributed by atoms with E-state index in [-0.39, 0.29) is 82.3 Å². The first kappa shape index (κ1) is 62.4. The number of aliphatic imine (C=N–C) groups is 1. The molecule has 16 N–H and O–H groups in total. The van der Waals surface area contributed by atoms with Gasteiger partial charge < -0.3 is 74.8 Å². The maximum atomic E-state index is 14.2. The van der Waals surface area contributed by atoms with Crippen LogP contribution in [0.3, 0.4) is 0 Å². The molecule has 2 fully saturated rings. The smallest absolute Gasteiger partial charge is 0.326 e. The number of likely N-dealkylation sites (tertiary alicyclic amines) is 2. The van der Waals surface area contributed by atoms with E-state index in [0.717, 1.165) is 5.56 Å². The summed E-state index contributed by atoms with van der Waals surface area (Å²) in [5.41, 5.74) is 23.5. The molecule has 9 amide bonds. The van der Waals surface area contributed by atoms with Gasteiger partial charge in [-0.25, -0.2) is 4.79 Å². The second-order valence-electron chi connectivity index (χ2n) is 20.4. The van der Waals surface area contributed by atoms with Gasteiger partial charge in [-0.2, -0.15) is 0 Å². The van der Waals surface area contributed by atoms with Gasteiger partial charge in [-0.3, -0.25) is 48.1 Å². The number of carbonyl (C=O) groups is 10. The highest BCUT2D eigenvalue weighted by molar-refractivity contribution is 5.98. The Bertz CT molecular complexity index is 2170. The van der Waals surface area contributed by atoms with Crippen LogP contribution >= 0.6 is 0 Å². The lowest BCUT2D eigenvalue weighted by molar-refractivity contribution is -0.144. The number of aliphatic hydroxyl groups is 1. The molecule has 9 atom stereocenters. The summed E-state index contributed by atoms with van der Waals surface area (Å²) in [6, 6.07) is -1.92. The molecule has 0 aliphatic carbocycles. The minimum atomic E-state index is -1.56. The quantitative estimate of drug-likeness (QED) is 0.0217. The SMILES string of the molecule is CC(C)C[C@H](NC(=O)[C@H](CCC(N)=O)NC(=O)[C@H](CC(C)C)NC(=O)[C@H](CCCN=C(N)N)NC(=O)[C@@H]1CCCN1C(=O)[C@H](CO)NC(=O)[C@@H](NC(=O)[C@@H]1CCCN1C(=O)[C@@H](N)Cc1ccccc1)C(C)C)C(=O)O. The molecule has 3 rings (SSSR count). The summed E-state index contributed by atoms with van der Waals surface area (Å²) in [4.78, 5) is 141. The zero-order valence-electron chi connectivity index (χ0n) is 44.0. The van der Waals surface area contributed by atoms with Crippen molar-refractivity contribution >= 4 is 65.1 Å². The van der Waals surface area contributed by atoms with Crippen LogP contribution in [0, 0.1) is 17.8 Å². The van der Waals surface area contributed by atoms with Gasteiger partial charge in [0.1, 0.15) is 48.3 Å². The molecule has 25 heteroatoms. The van der Waals surface area contributed by atoms with Crippen molar-refractivity contribution in [2.24, 2.45) is 45.7 Å². The van der Waals surface area contributed by atoms with E-state index in [2.05, 4.69) is 36.9 Å². The average Bonchev–Trinajstić information content (AvgIpc) is 4.05. The Balaban J connectivity index is 1.78. The number of amides is 9. The fourth-order valence-electron chi connectivity index (χ4n) is 9.01. The number of hydrogen-bond donors (Lipinski definition) is 12. The van der Waals surface area contributed by atoms with Crippen LogP contribution in [0.5, 0.6) is 0 Å². The minimum Gasteiger partial charge on any atom is -0.480 e. The number of carboxylic acid groups (broad SMARTS) is 1. The van der Waals surface area contributed by atoms with Gasteiger partial charge in [-0.1, -0.05) is 71.9 Å². The number of benzene rings is 1. The molecule has 1 aromatic carbocycles. The molecule has 418 valence electrons. The number of aliphatic hydroxyl groups excluding tert-OH is 1. The van der Waals surface area contributed by atoms with Crippen LogP contribution in [0.25, 0.3) is 0 Å². The highest BCUT2D eigenvalue weighted by Gasteiger charge is 2.42. The van der Waals surface area contributed by atoms with Crippen molar-refractivity contribution in [3.8, 4) is 0 Å². The maximum absolute atomic E-state index is 14.2. The molecule has 0 unspecified atom stereocenters. The van der Waals surface area contributed by atoms with E-state index in [1.165, 1.54) is 9.80 Å². The topological polar surface area (TPSA) is 406 Å². The van der Waals surface area contributed by atoms with Gasteiger partial charge in [0.2, 0.25) is 53.2 Å². The van der Waals surface area contributed by atoms with Crippen molar-refractivity contribution < 1.29 is 58.2 Å². The van der Waals surface area contributed by atoms with E-state index >= 15 is 0 Å². The molecular formula is C50H81N13O12.